The topological polar surface area (TPSA) is 156 Å². The second-order valence-electron chi connectivity index (χ2n) is 7.10. The molecule has 0 unspecified atom stereocenters. The van der Waals surface area contributed by atoms with Gasteiger partial charge in [0.05, 0.1) is 18.8 Å². The van der Waals surface area contributed by atoms with E-state index in [0.717, 1.165) is 11.8 Å². The van der Waals surface area contributed by atoms with Crippen LogP contribution in [-0.2, 0) is 14.4 Å². The number of nitrogens with one attached hydrogen (secondary N) is 2. The summed E-state index contributed by atoms with van der Waals surface area (Å²) in [5, 5.41) is 42.4. The van der Waals surface area contributed by atoms with E-state index in [1.165, 1.54) is 6.92 Å². The first kappa shape index (κ1) is 25.8. The van der Waals surface area contributed by atoms with Crippen LogP contribution in [0.25, 0.3) is 0 Å². The fourth-order valence-corrected chi connectivity index (χ4v) is 2.75. The zero-order chi connectivity index (χ0) is 21.0. The highest BCUT2D eigenvalue weighted by molar-refractivity contribution is 8.13. The summed E-state index contributed by atoms with van der Waals surface area (Å²) in [6, 6.07) is 0. The number of aliphatic hydroxyl groups is 4. The summed E-state index contributed by atoms with van der Waals surface area (Å²) in [5.74, 6) is -0.617. The Morgan fingerprint density at radius 1 is 1.07 bits per heavy atom. The van der Waals surface area contributed by atoms with Crippen molar-refractivity contribution in [3.63, 3.8) is 0 Å². The van der Waals surface area contributed by atoms with Crippen LogP contribution in [0.3, 0.4) is 0 Å². The number of hydrogen-bond acceptors (Lipinski definition) is 8. The van der Waals surface area contributed by atoms with Crippen molar-refractivity contribution >= 4 is 28.7 Å². The van der Waals surface area contributed by atoms with E-state index >= 15 is 0 Å². The lowest BCUT2D eigenvalue weighted by atomic mass is 9.87. The molecule has 6 N–H and O–H groups in total. The predicted molar refractivity (Wildman–Crippen MR) is 102 cm³/mol. The fourth-order valence-electron chi connectivity index (χ4n) is 2.01. The van der Waals surface area contributed by atoms with Crippen LogP contribution in [0.2, 0.25) is 0 Å². The third kappa shape index (κ3) is 12.0. The molecule has 0 spiro atoms. The Bertz CT molecular complexity index is 486. The van der Waals surface area contributed by atoms with Crippen molar-refractivity contribution in [3.8, 4) is 0 Å². The van der Waals surface area contributed by atoms with E-state index in [9.17, 15) is 24.6 Å². The van der Waals surface area contributed by atoms with Crippen LogP contribution < -0.4 is 10.6 Å². The molecule has 0 saturated carbocycles. The van der Waals surface area contributed by atoms with Gasteiger partial charge in [-0.3, -0.25) is 14.4 Å². The van der Waals surface area contributed by atoms with E-state index in [-0.39, 0.29) is 50.0 Å². The Labute approximate surface area is 163 Å². The van der Waals surface area contributed by atoms with Gasteiger partial charge in [-0.25, -0.2) is 0 Å². The number of carbonyl (C=O) groups is 3. The molecule has 0 heterocycles. The second-order valence-corrected chi connectivity index (χ2v) is 8.26. The molecule has 27 heavy (non-hydrogen) atoms. The maximum atomic E-state index is 11.7. The van der Waals surface area contributed by atoms with Crippen LogP contribution in [0.1, 0.15) is 40.0 Å². The summed E-state index contributed by atoms with van der Waals surface area (Å²) in [6.45, 7) is 4.58. The van der Waals surface area contributed by atoms with Gasteiger partial charge < -0.3 is 31.1 Å². The molecule has 10 heteroatoms. The highest BCUT2D eigenvalue weighted by Crippen LogP contribution is 2.19. The molecule has 158 valence electrons. The molecule has 0 aliphatic carbocycles. The van der Waals surface area contributed by atoms with Crippen LogP contribution in [0.15, 0.2) is 0 Å². The van der Waals surface area contributed by atoms with Gasteiger partial charge in [0.2, 0.25) is 11.8 Å². The minimum atomic E-state index is -1.38. The number of amides is 2. The average molecular weight is 409 g/mol. The maximum Gasteiger partial charge on any atom is 0.249 e. The van der Waals surface area contributed by atoms with Crippen LogP contribution >= 0.6 is 11.8 Å². The third-order valence-corrected chi connectivity index (χ3v) is 4.65. The van der Waals surface area contributed by atoms with E-state index in [1.807, 2.05) is 0 Å². The Balaban J connectivity index is 3.87. The lowest BCUT2D eigenvalue weighted by Gasteiger charge is -2.27. The van der Waals surface area contributed by atoms with Gasteiger partial charge in [-0.1, -0.05) is 25.6 Å². The van der Waals surface area contributed by atoms with Gasteiger partial charge in [0.25, 0.3) is 0 Å². The standard InChI is InChI=1S/C17H32N2O7S/c1-11(21)8-12(22)9-14(24)27-7-6-18-13(23)4-5-19-16(26)15(25)17(2,3)10-20/h11-12,15,20-22,25H,4-10H2,1-3H3,(H,18,23)(H,19,26)/t11-,12-,15-/m0/s1. The molecule has 0 radical (unpaired) electrons. The number of carbonyl (C=O) groups excluding carboxylic acids is 3. The van der Waals surface area contributed by atoms with Crippen LogP contribution in [0.5, 0.6) is 0 Å². The van der Waals surface area contributed by atoms with Gasteiger partial charge in [-0.05, 0) is 13.3 Å². The first-order valence-corrected chi connectivity index (χ1v) is 9.83. The summed E-state index contributed by atoms with van der Waals surface area (Å²) in [4.78, 5) is 35.0. The lowest BCUT2D eigenvalue weighted by molar-refractivity contribution is -0.137. The molecule has 0 aromatic carbocycles. The lowest BCUT2D eigenvalue weighted by Crippen LogP contribution is -2.46. The quantitative estimate of drug-likeness (QED) is 0.207. The normalized spacial score (nSPS) is 14.9. The first-order valence-electron chi connectivity index (χ1n) is 8.84. The largest absolute Gasteiger partial charge is 0.396 e. The summed E-state index contributed by atoms with van der Waals surface area (Å²) in [7, 11) is 0. The third-order valence-electron chi connectivity index (χ3n) is 3.75. The molecule has 0 saturated heterocycles. The zero-order valence-corrected chi connectivity index (χ0v) is 16.9. The number of hydrogen-bond donors (Lipinski definition) is 6. The van der Waals surface area contributed by atoms with Crippen LogP contribution in [0, 0.1) is 5.41 Å². The fraction of sp³-hybridized carbons (Fsp3) is 0.824. The smallest absolute Gasteiger partial charge is 0.249 e. The number of thioether (sulfide) groups is 1. The van der Waals surface area contributed by atoms with Crippen LogP contribution in [0.4, 0.5) is 0 Å². The molecule has 0 bridgehead atoms. The molecule has 0 aromatic heterocycles. The van der Waals surface area contributed by atoms with Gasteiger partial charge >= 0.3 is 0 Å². The van der Waals surface area contributed by atoms with E-state index in [1.54, 1.807) is 13.8 Å². The molecule has 0 aliphatic heterocycles. The van der Waals surface area contributed by atoms with E-state index in [4.69, 9.17) is 10.2 Å². The molecule has 9 nitrogen and oxygen atoms in total. The number of rotatable bonds is 13. The van der Waals surface area contributed by atoms with Gasteiger partial charge in [-0.2, -0.15) is 0 Å². The van der Waals surface area contributed by atoms with Gasteiger partial charge in [0.15, 0.2) is 5.12 Å². The van der Waals surface area contributed by atoms with Crippen molar-refractivity contribution in [1.82, 2.24) is 10.6 Å². The first-order chi connectivity index (χ1) is 12.5. The summed E-state index contributed by atoms with van der Waals surface area (Å²) < 4.78 is 0. The molecule has 0 rings (SSSR count). The maximum absolute atomic E-state index is 11.7. The Kier molecular flexibility index (Phi) is 12.5. The molecule has 0 aliphatic rings. The number of aliphatic hydroxyl groups excluding tert-OH is 4. The minimum Gasteiger partial charge on any atom is -0.396 e. The summed E-state index contributed by atoms with van der Waals surface area (Å²) in [6.07, 6.45) is -2.83. The molecular formula is C17H32N2O7S. The predicted octanol–water partition coefficient (Wildman–Crippen LogP) is -1.23. The molecule has 3 atom stereocenters. The van der Waals surface area contributed by atoms with Gasteiger partial charge in [0, 0.05) is 37.1 Å². The highest BCUT2D eigenvalue weighted by Gasteiger charge is 2.32. The molecule has 2 amide bonds. The average Bonchev–Trinajstić information content (AvgIpc) is 2.56. The van der Waals surface area contributed by atoms with E-state index in [0.29, 0.717) is 5.75 Å². The van der Waals surface area contributed by atoms with Crippen molar-refractivity contribution in [1.29, 1.82) is 0 Å². The molecule has 0 aromatic rings. The monoisotopic (exact) mass is 408 g/mol. The Morgan fingerprint density at radius 3 is 2.26 bits per heavy atom. The van der Waals surface area contributed by atoms with Crippen LogP contribution in [-0.4, -0.2) is 81.1 Å². The highest BCUT2D eigenvalue weighted by atomic mass is 32.2. The van der Waals surface area contributed by atoms with Crippen molar-refractivity contribution in [2.75, 3.05) is 25.4 Å². The zero-order valence-electron chi connectivity index (χ0n) is 16.1. The molecule has 0 fully saturated rings. The molecular weight excluding hydrogens is 376 g/mol. The van der Waals surface area contributed by atoms with E-state index < -0.39 is 29.6 Å². The van der Waals surface area contributed by atoms with Gasteiger partial charge in [0.1, 0.15) is 6.10 Å². The SMILES string of the molecule is C[C@H](O)C[C@H](O)CC(=O)SCCNC(=O)CCNC(=O)[C@H](O)C(C)(C)CO. The van der Waals surface area contributed by atoms with Crippen molar-refractivity contribution in [2.24, 2.45) is 5.41 Å². The Morgan fingerprint density at radius 2 is 1.70 bits per heavy atom. The minimum absolute atomic E-state index is 0.0176. The van der Waals surface area contributed by atoms with Gasteiger partial charge in [-0.15, -0.1) is 0 Å². The van der Waals surface area contributed by atoms with E-state index in [2.05, 4.69) is 10.6 Å². The summed E-state index contributed by atoms with van der Waals surface area (Å²) in [5.41, 5.74) is -0.973. The Hall–Kier alpha value is -1.20. The van der Waals surface area contributed by atoms with Crippen molar-refractivity contribution in [3.05, 3.63) is 0 Å². The summed E-state index contributed by atoms with van der Waals surface area (Å²) >= 11 is 0.990. The van der Waals surface area contributed by atoms with Crippen molar-refractivity contribution < 1.29 is 34.8 Å². The van der Waals surface area contributed by atoms with Crippen molar-refractivity contribution in [2.45, 2.75) is 58.3 Å². The second kappa shape index (κ2) is 13.1.